The van der Waals surface area contributed by atoms with Gasteiger partial charge in [-0.3, -0.25) is 9.79 Å². The summed E-state index contributed by atoms with van der Waals surface area (Å²) in [6.07, 6.45) is 3.17. The zero-order valence-electron chi connectivity index (χ0n) is 15.9. The normalized spacial score (nSPS) is 20.0. The number of carbonyl (C=O) groups is 1. The minimum atomic E-state index is -0.0669. The van der Waals surface area contributed by atoms with Crippen molar-refractivity contribution >= 4 is 54.6 Å². The van der Waals surface area contributed by atoms with E-state index in [4.69, 9.17) is 4.99 Å². The lowest BCUT2D eigenvalue weighted by molar-refractivity contribution is -0.125. The van der Waals surface area contributed by atoms with Crippen molar-refractivity contribution in [1.29, 1.82) is 0 Å². The molecule has 0 saturated carbocycles. The fourth-order valence-corrected chi connectivity index (χ4v) is 6.12. The average Bonchev–Trinajstić information content (AvgIpc) is 3.23. The van der Waals surface area contributed by atoms with Crippen LogP contribution in [0.15, 0.2) is 56.4 Å². The van der Waals surface area contributed by atoms with E-state index in [1.807, 2.05) is 23.1 Å². The summed E-state index contributed by atoms with van der Waals surface area (Å²) in [5.74, 6) is 1.62. The number of benzene rings is 2. The maximum Gasteiger partial charge on any atom is 0.278 e. The third kappa shape index (κ3) is 4.89. The molecular formula is C22H22Br2N2O2S. The zero-order chi connectivity index (χ0) is 20.4. The SMILES string of the molecule is O=C(C1=NC(c2cc(Br)c(O)c(Br)c2)CS1)N1CCC(Cc2ccccc2)CC1. The van der Waals surface area contributed by atoms with Crippen molar-refractivity contribution in [2.75, 3.05) is 18.8 Å². The second-order valence-electron chi connectivity index (χ2n) is 7.52. The highest BCUT2D eigenvalue weighted by atomic mass is 79.9. The lowest BCUT2D eigenvalue weighted by Gasteiger charge is -2.32. The molecule has 2 aliphatic rings. The Kier molecular flexibility index (Phi) is 6.66. The number of hydrogen-bond acceptors (Lipinski definition) is 4. The molecule has 2 aliphatic heterocycles. The summed E-state index contributed by atoms with van der Waals surface area (Å²) in [5.41, 5.74) is 2.36. The van der Waals surface area contributed by atoms with Gasteiger partial charge in [0.05, 0.1) is 15.0 Å². The van der Waals surface area contributed by atoms with Gasteiger partial charge in [0.15, 0.2) is 5.04 Å². The monoisotopic (exact) mass is 536 g/mol. The number of amides is 1. The number of nitrogens with zero attached hydrogens (tertiary/aromatic N) is 2. The highest BCUT2D eigenvalue weighted by Crippen LogP contribution is 2.39. The van der Waals surface area contributed by atoms with Crippen molar-refractivity contribution in [3.05, 3.63) is 62.5 Å². The molecule has 4 nitrogen and oxygen atoms in total. The highest BCUT2D eigenvalue weighted by molar-refractivity contribution is 9.11. The van der Waals surface area contributed by atoms with Crippen molar-refractivity contribution in [3.63, 3.8) is 0 Å². The van der Waals surface area contributed by atoms with Crippen LogP contribution in [0.3, 0.4) is 0 Å². The van der Waals surface area contributed by atoms with Gasteiger partial charge in [-0.1, -0.05) is 42.1 Å². The van der Waals surface area contributed by atoms with Crippen LogP contribution in [-0.4, -0.2) is 39.8 Å². The summed E-state index contributed by atoms with van der Waals surface area (Å²) in [4.78, 5) is 19.6. The first kappa shape index (κ1) is 20.9. The van der Waals surface area contributed by atoms with Crippen molar-refractivity contribution in [2.45, 2.75) is 25.3 Å². The molecule has 1 saturated heterocycles. The molecule has 1 N–H and O–H groups in total. The quantitative estimate of drug-likeness (QED) is 0.553. The van der Waals surface area contributed by atoms with Crippen molar-refractivity contribution in [1.82, 2.24) is 4.90 Å². The van der Waals surface area contributed by atoms with E-state index in [0.29, 0.717) is 19.9 Å². The predicted octanol–water partition coefficient (Wildman–Crippen LogP) is 5.58. The molecule has 4 rings (SSSR count). The Morgan fingerprint density at radius 3 is 2.45 bits per heavy atom. The Morgan fingerprint density at radius 2 is 1.79 bits per heavy atom. The first-order valence-corrected chi connectivity index (χ1v) is 12.3. The van der Waals surface area contributed by atoms with E-state index in [1.165, 1.54) is 17.3 Å². The molecular weight excluding hydrogens is 516 g/mol. The van der Waals surface area contributed by atoms with Gasteiger partial charge in [0.2, 0.25) is 0 Å². The number of piperidine rings is 1. The number of phenolic OH excluding ortho intramolecular Hbond substituents is 1. The number of carbonyl (C=O) groups excluding carboxylic acids is 1. The van der Waals surface area contributed by atoms with Gasteiger partial charge < -0.3 is 10.0 Å². The molecule has 1 amide bonds. The number of hydrogen-bond donors (Lipinski definition) is 1. The number of thioether (sulfide) groups is 1. The number of rotatable bonds is 4. The molecule has 2 heterocycles. The summed E-state index contributed by atoms with van der Waals surface area (Å²) in [6, 6.07) is 14.3. The fourth-order valence-electron chi connectivity index (χ4n) is 3.86. The first-order valence-electron chi connectivity index (χ1n) is 9.73. The molecule has 1 unspecified atom stereocenters. The van der Waals surface area contributed by atoms with Crippen LogP contribution in [0.4, 0.5) is 0 Å². The van der Waals surface area contributed by atoms with E-state index in [2.05, 4.69) is 56.1 Å². The van der Waals surface area contributed by atoms with Gasteiger partial charge in [0, 0.05) is 18.8 Å². The van der Waals surface area contributed by atoms with Gasteiger partial charge in [-0.15, -0.1) is 0 Å². The molecule has 0 aliphatic carbocycles. The van der Waals surface area contributed by atoms with Gasteiger partial charge in [-0.25, -0.2) is 0 Å². The lowest BCUT2D eigenvalue weighted by atomic mass is 9.90. The molecule has 7 heteroatoms. The van der Waals surface area contributed by atoms with Crippen LogP contribution >= 0.6 is 43.6 Å². The lowest BCUT2D eigenvalue weighted by Crippen LogP contribution is -2.41. The van der Waals surface area contributed by atoms with E-state index in [9.17, 15) is 9.90 Å². The van der Waals surface area contributed by atoms with E-state index in [1.54, 1.807) is 0 Å². The van der Waals surface area contributed by atoms with E-state index < -0.39 is 0 Å². The zero-order valence-corrected chi connectivity index (χ0v) is 19.8. The number of likely N-dealkylation sites (tertiary alicyclic amines) is 1. The largest absolute Gasteiger partial charge is 0.506 e. The Hall–Kier alpha value is -1.31. The van der Waals surface area contributed by atoms with E-state index >= 15 is 0 Å². The standard InChI is InChI=1S/C22H22Br2N2O2S/c23-17-11-16(12-18(24)20(17)27)19-13-29-21(25-19)22(28)26-8-6-15(7-9-26)10-14-4-2-1-3-5-14/h1-5,11-12,15,19,27H,6-10,13H2. The Bertz CT molecular complexity index is 905. The van der Waals surface area contributed by atoms with Gasteiger partial charge >= 0.3 is 0 Å². The Balaban J connectivity index is 1.36. The molecule has 0 aromatic heterocycles. The minimum absolute atomic E-state index is 0.0626. The van der Waals surface area contributed by atoms with Crippen LogP contribution < -0.4 is 0 Å². The maximum absolute atomic E-state index is 12.9. The molecule has 1 fully saturated rings. The molecule has 0 spiro atoms. The topological polar surface area (TPSA) is 52.9 Å². The van der Waals surface area contributed by atoms with Crippen molar-refractivity contribution in [2.24, 2.45) is 10.9 Å². The number of aromatic hydroxyl groups is 1. The fraction of sp³-hybridized carbons (Fsp3) is 0.364. The summed E-state index contributed by atoms with van der Waals surface area (Å²) < 4.78 is 1.25. The van der Waals surface area contributed by atoms with Crippen LogP contribution in [0.25, 0.3) is 0 Å². The molecule has 152 valence electrons. The van der Waals surface area contributed by atoms with Crippen LogP contribution in [0.2, 0.25) is 0 Å². The summed E-state index contributed by atoms with van der Waals surface area (Å²) in [6.45, 7) is 1.60. The van der Waals surface area contributed by atoms with E-state index in [-0.39, 0.29) is 17.7 Å². The first-order chi connectivity index (χ1) is 14.0. The van der Waals surface area contributed by atoms with E-state index in [0.717, 1.165) is 43.7 Å². The smallest absolute Gasteiger partial charge is 0.278 e. The third-order valence-corrected chi connectivity index (χ3v) is 7.77. The number of halogens is 2. The van der Waals surface area contributed by atoms with Crippen LogP contribution in [-0.2, 0) is 11.2 Å². The van der Waals surface area contributed by atoms with Gasteiger partial charge in [0.25, 0.3) is 5.91 Å². The second-order valence-corrected chi connectivity index (χ2v) is 10.2. The highest BCUT2D eigenvalue weighted by Gasteiger charge is 2.30. The van der Waals surface area contributed by atoms with Gasteiger partial charge in [-0.05, 0) is 80.3 Å². The molecule has 0 bridgehead atoms. The molecule has 1 atom stereocenters. The molecule has 29 heavy (non-hydrogen) atoms. The average molecular weight is 538 g/mol. The third-order valence-electron chi connectivity index (χ3n) is 5.53. The predicted molar refractivity (Wildman–Crippen MR) is 126 cm³/mol. The second kappa shape index (κ2) is 9.23. The maximum atomic E-state index is 12.9. The molecule has 2 aromatic carbocycles. The molecule has 2 aromatic rings. The van der Waals surface area contributed by atoms with Crippen LogP contribution in [0, 0.1) is 5.92 Å². The van der Waals surface area contributed by atoms with Crippen molar-refractivity contribution in [3.8, 4) is 5.75 Å². The summed E-state index contributed by atoms with van der Waals surface area (Å²) in [7, 11) is 0. The van der Waals surface area contributed by atoms with Crippen LogP contribution in [0.1, 0.15) is 30.0 Å². The van der Waals surface area contributed by atoms with Crippen molar-refractivity contribution < 1.29 is 9.90 Å². The Morgan fingerprint density at radius 1 is 1.14 bits per heavy atom. The van der Waals surface area contributed by atoms with Gasteiger partial charge in [-0.2, -0.15) is 0 Å². The minimum Gasteiger partial charge on any atom is -0.506 e. The summed E-state index contributed by atoms with van der Waals surface area (Å²) in [5, 5.41) is 10.5. The van der Waals surface area contributed by atoms with Crippen LogP contribution in [0.5, 0.6) is 5.75 Å². The summed E-state index contributed by atoms with van der Waals surface area (Å²) >= 11 is 8.27. The number of aliphatic imine (C=N–C) groups is 1. The molecule has 0 radical (unpaired) electrons. The Labute approximate surface area is 192 Å². The number of phenols is 1. The van der Waals surface area contributed by atoms with Gasteiger partial charge in [0.1, 0.15) is 5.75 Å².